The SMILES string of the molecule is O=C(c1ncn[nH]1)N1CCN(C(=O)C2CC2)CC1. The van der Waals surface area contributed by atoms with Gasteiger partial charge < -0.3 is 9.80 Å². The Balaban J connectivity index is 1.56. The van der Waals surface area contributed by atoms with Gasteiger partial charge in [0.2, 0.25) is 11.7 Å². The molecule has 1 aromatic heterocycles. The van der Waals surface area contributed by atoms with Crippen LogP contribution in [0.15, 0.2) is 6.33 Å². The fourth-order valence-corrected chi connectivity index (χ4v) is 2.18. The molecule has 0 unspecified atom stereocenters. The predicted octanol–water partition coefficient (Wildman–Crippen LogP) is -0.501. The van der Waals surface area contributed by atoms with Gasteiger partial charge in [0.1, 0.15) is 6.33 Å². The molecule has 1 saturated heterocycles. The lowest BCUT2D eigenvalue weighted by atomic mass is 10.2. The minimum Gasteiger partial charge on any atom is -0.339 e. The van der Waals surface area contributed by atoms with Crippen LogP contribution in [0.5, 0.6) is 0 Å². The molecule has 96 valence electrons. The van der Waals surface area contributed by atoms with Crippen LogP contribution >= 0.6 is 0 Å². The van der Waals surface area contributed by atoms with Gasteiger partial charge in [0.05, 0.1) is 0 Å². The van der Waals surface area contributed by atoms with Crippen LogP contribution in [0.4, 0.5) is 0 Å². The standard InChI is InChI=1S/C11H15N5O2/c17-10(8-1-2-8)15-3-5-16(6-4-15)11(18)9-12-7-13-14-9/h7-8H,1-6H2,(H,12,13,14). The number of piperazine rings is 1. The highest BCUT2D eigenvalue weighted by Crippen LogP contribution is 2.31. The molecule has 2 heterocycles. The minimum atomic E-state index is -0.147. The molecule has 7 heteroatoms. The zero-order valence-electron chi connectivity index (χ0n) is 10.0. The van der Waals surface area contributed by atoms with Gasteiger partial charge in [-0.1, -0.05) is 0 Å². The highest BCUT2D eigenvalue weighted by molar-refractivity contribution is 5.90. The van der Waals surface area contributed by atoms with E-state index in [2.05, 4.69) is 15.2 Å². The van der Waals surface area contributed by atoms with Crippen molar-refractivity contribution in [3.63, 3.8) is 0 Å². The molecule has 0 aromatic carbocycles. The first kappa shape index (κ1) is 11.2. The van der Waals surface area contributed by atoms with E-state index in [0.717, 1.165) is 12.8 Å². The van der Waals surface area contributed by atoms with Crippen molar-refractivity contribution in [2.24, 2.45) is 5.92 Å². The first-order valence-corrected chi connectivity index (χ1v) is 6.19. The molecule has 18 heavy (non-hydrogen) atoms. The van der Waals surface area contributed by atoms with Crippen molar-refractivity contribution in [1.29, 1.82) is 0 Å². The number of H-pyrrole nitrogens is 1. The van der Waals surface area contributed by atoms with Gasteiger partial charge >= 0.3 is 0 Å². The summed E-state index contributed by atoms with van der Waals surface area (Å²) in [6.07, 6.45) is 3.37. The molecule has 0 radical (unpaired) electrons. The van der Waals surface area contributed by atoms with Crippen molar-refractivity contribution in [1.82, 2.24) is 25.0 Å². The third-order valence-corrected chi connectivity index (χ3v) is 3.42. The van der Waals surface area contributed by atoms with E-state index in [4.69, 9.17) is 0 Å². The number of nitrogens with one attached hydrogen (secondary N) is 1. The van der Waals surface area contributed by atoms with Crippen LogP contribution in [0, 0.1) is 5.92 Å². The normalized spacial score (nSPS) is 20.0. The largest absolute Gasteiger partial charge is 0.339 e. The molecule has 0 spiro atoms. The van der Waals surface area contributed by atoms with Crippen LogP contribution in [0.3, 0.4) is 0 Å². The van der Waals surface area contributed by atoms with E-state index in [-0.39, 0.29) is 23.6 Å². The first-order chi connectivity index (χ1) is 8.75. The van der Waals surface area contributed by atoms with E-state index in [9.17, 15) is 9.59 Å². The average Bonchev–Trinajstić information content (AvgIpc) is 3.12. The van der Waals surface area contributed by atoms with E-state index in [0.29, 0.717) is 26.2 Å². The van der Waals surface area contributed by atoms with Gasteiger partial charge in [0, 0.05) is 32.1 Å². The number of carbonyl (C=O) groups is 2. The number of aromatic nitrogens is 3. The van der Waals surface area contributed by atoms with E-state index in [1.165, 1.54) is 6.33 Å². The second kappa shape index (κ2) is 4.40. The minimum absolute atomic E-state index is 0.147. The zero-order valence-corrected chi connectivity index (χ0v) is 10.0. The highest BCUT2D eigenvalue weighted by atomic mass is 16.2. The number of aromatic amines is 1. The molecule has 2 amide bonds. The molecular formula is C11H15N5O2. The number of hydrogen-bond acceptors (Lipinski definition) is 4. The summed E-state index contributed by atoms with van der Waals surface area (Å²) in [6, 6.07) is 0. The molecule has 7 nitrogen and oxygen atoms in total. The Morgan fingerprint density at radius 1 is 1.17 bits per heavy atom. The molecule has 3 rings (SSSR count). The summed E-state index contributed by atoms with van der Waals surface area (Å²) in [7, 11) is 0. The fourth-order valence-electron chi connectivity index (χ4n) is 2.18. The molecule has 2 aliphatic rings. The maximum absolute atomic E-state index is 12.0. The van der Waals surface area contributed by atoms with Gasteiger partial charge in [-0.15, -0.1) is 0 Å². The Morgan fingerprint density at radius 2 is 1.83 bits per heavy atom. The zero-order chi connectivity index (χ0) is 12.5. The third-order valence-electron chi connectivity index (χ3n) is 3.42. The average molecular weight is 249 g/mol. The van der Waals surface area contributed by atoms with Gasteiger partial charge in [0.15, 0.2) is 0 Å². The molecule has 1 saturated carbocycles. The molecular weight excluding hydrogens is 234 g/mol. The topological polar surface area (TPSA) is 82.2 Å². The van der Waals surface area contributed by atoms with Crippen LogP contribution in [0.25, 0.3) is 0 Å². The molecule has 1 aromatic rings. The van der Waals surface area contributed by atoms with Crippen LogP contribution in [-0.2, 0) is 4.79 Å². The van der Waals surface area contributed by atoms with Crippen molar-refractivity contribution in [2.45, 2.75) is 12.8 Å². The quantitative estimate of drug-likeness (QED) is 0.766. The van der Waals surface area contributed by atoms with Gasteiger partial charge in [0.25, 0.3) is 5.91 Å². The van der Waals surface area contributed by atoms with E-state index >= 15 is 0 Å². The van der Waals surface area contributed by atoms with E-state index < -0.39 is 0 Å². The van der Waals surface area contributed by atoms with Gasteiger partial charge in [-0.05, 0) is 12.8 Å². The maximum atomic E-state index is 12.0. The Labute approximate surface area is 104 Å². The van der Waals surface area contributed by atoms with Crippen molar-refractivity contribution in [3.05, 3.63) is 12.2 Å². The van der Waals surface area contributed by atoms with Crippen LogP contribution in [-0.4, -0.2) is 63.0 Å². The number of rotatable bonds is 2. The molecule has 1 N–H and O–H groups in total. The number of amides is 2. The molecule has 0 bridgehead atoms. The second-order valence-corrected chi connectivity index (χ2v) is 4.73. The van der Waals surface area contributed by atoms with Crippen molar-refractivity contribution < 1.29 is 9.59 Å². The molecule has 0 atom stereocenters. The van der Waals surface area contributed by atoms with Crippen molar-refractivity contribution in [2.75, 3.05) is 26.2 Å². The van der Waals surface area contributed by atoms with Gasteiger partial charge in [-0.25, -0.2) is 4.98 Å². The van der Waals surface area contributed by atoms with E-state index in [1.54, 1.807) is 4.90 Å². The fraction of sp³-hybridized carbons (Fsp3) is 0.636. The summed E-state index contributed by atoms with van der Waals surface area (Å²) < 4.78 is 0. The summed E-state index contributed by atoms with van der Waals surface area (Å²) in [5.74, 6) is 0.617. The summed E-state index contributed by atoms with van der Waals surface area (Å²) in [5.41, 5.74) is 0. The summed E-state index contributed by atoms with van der Waals surface area (Å²) >= 11 is 0. The summed E-state index contributed by atoms with van der Waals surface area (Å²) in [5, 5.41) is 6.23. The predicted molar refractivity (Wildman–Crippen MR) is 61.6 cm³/mol. The van der Waals surface area contributed by atoms with Crippen LogP contribution < -0.4 is 0 Å². The Bertz CT molecular complexity index is 446. The Morgan fingerprint density at radius 3 is 2.39 bits per heavy atom. The number of nitrogens with zero attached hydrogens (tertiary/aromatic N) is 4. The summed E-state index contributed by atoms with van der Waals surface area (Å²) in [6.45, 7) is 2.38. The highest BCUT2D eigenvalue weighted by Gasteiger charge is 2.35. The van der Waals surface area contributed by atoms with Crippen LogP contribution in [0.2, 0.25) is 0 Å². The van der Waals surface area contributed by atoms with Crippen molar-refractivity contribution in [3.8, 4) is 0 Å². The molecule has 1 aliphatic carbocycles. The number of hydrogen-bond donors (Lipinski definition) is 1. The maximum Gasteiger partial charge on any atom is 0.291 e. The Hall–Kier alpha value is -1.92. The third kappa shape index (κ3) is 2.07. The molecule has 2 fully saturated rings. The number of carbonyl (C=O) groups excluding carboxylic acids is 2. The lowest BCUT2D eigenvalue weighted by molar-refractivity contribution is -0.134. The molecule has 1 aliphatic heterocycles. The monoisotopic (exact) mass is 249 g/mol. The van der Waals surface area contributed by atoms with E-state index in [1.807, 2.05) is 4.90 Å². The Kier molecular flexibility index (Phi) is 2.73. The van der Waals surface area contributed by atoms with Crippen LogP contribution in [0.1, 0.15) is 23.5 Å². The second-order valence-electron chi connectivity index (χ2n) is 4.73. The van der Waals surface area contributed by atoms with Crippen molar-refractivity contribution >= 4 is 11.8 Å². The summed E-state index contributed by atoms with van der Waals surface area (Å²) in [4.78, 5) is 31.2. The van der Waals surface area contributed by atoms with Gasteiger partial charge in [-0.3, -0.25) is 14.7 Å². The lowest BCUT2D eigenvalue weighted by Crippen LogP contribution is -2.51. The smallest absolute Gasteiger partial charge is 0.291 e. The lowest BCUT2D eigenvalue weighted by Gasteiger charge is -2.34. The van der Waals surface area contributed by atoms with Gasteiger partial charge in [-0.2, -0.15) is 5.10 Å². The first-order valence-electron chi connectivity index (χ1n) is 6.19.